The fraction of sp³-hybridized carbons (Fsp3) is 0. The van der Waals surface area contributed by atoms with Crippen molar-refractivity contribution in [1.29, 1.82) is 0 Å². The minimum absolute atomic E-state index is 1.00. The third-order valence-corrected chi connectivity index (χ3v) is 1.88. The molecule has 8 heavy (non-hydrogen) atoms. The Morgan fingerprint density at radius 3 is 2.50 bits per heavy atom. The minimum atomic E-state index is 1.00. The monoisotopic (exact) mass is 134 g/mol. The van der Waals surface area contributed by atoms with E-state index < -0.39 is 0 Å². The maximum absolute atomic E-state index is 3.36. The van der Waals surface area contributed by atoms with E-state index in [2.05, 4.69) is 20.6 Å². The summed E-state index contributed by atoms with van der Waals surface area (Å²) in [5.41, 5.74) is 0. The van der Waals surface area contributed by atoms with Crippen molar-refractivity contribution in [3.8, 4) is 0 Å². The van der Waals surface area contributed by atoms with Crippen LogP contribution in [-0.2, 0) is 0 Å². The molecule has 1 rings (SSSR count). The van der Waals surface area contributed by atoms with Crippen LogP contribution in [-0.4, -0.2) is 20.6 Å². The van der Waals surface area contributed by atoms with Crippen molar-refractivity contribution in [1.82, 2.24) is 0 Å². The quantitative estimate of drug-likeness (QED) is 0.388. The standard InChI is InChI=1S/C5H4NSi2/c7-5-3-1-2-4-6(5)8/h1-4H/q+1. The Labute approximate surface area is 55.3 Å². The SMILES string of the molecule is [Si]c1cccc[n+]1[Si]. The van der Waals surface area contributed by atoms with Crippen LogP contribution < -0.4 is 9.55 Å². The Hall–Kier alpha value is -0.416. The predicted molar refractivity (Wildman–Crippen MR) is 33.2 cm³/mol. The van der Waals surface area contributed by atoms with Crippen LogP contribution in [0.3, 0.4) is 0 Å². The molecule has 1 aromatic rings. The number of nitrogens with zero attached hydrogens (tertiary/aromatic N) is 1. The van der Waals surface area contributed by atoms with E-state index in [4.69, 9.17) is 0 Å². The van der Waals surface area contributed by atoms with Gasteiger partial charge in [0.15, 0.2) is 10.2 Å². The highest BCUT2D eigenvalue weighted by Gasteiger charge is 1.93. The summed E-state index contributed by atoms with van der Waals surface area (Å²) in [5.74, 6) is 0. The Kier molecular flexibility index (Phi) is 1.60. The van der Waals surface area contributed by atoms with Crippen molar-refractivity contribution in [2.45, 2.75) is 0 Å². The van der Waals surface area contributed by atoms with Gasteiger partial charge in [-0.1, -0.05) is 6.07 Å². The Bertz CT molecular complexity index is 167. The van der Waals surface area contributed by atoms with Gasteiger partial charge in [0, 0.05) is 0 Å². The number of hydrogen-bond donors (Lipinski definition) is 0. The smallest absolute Gasteiger partial charge is 0.277 e. The highest BCUT2D eigenvalue weighted by molar-refractivity contribution is 6.30. The van der Waals surface area contributed by atoms with Crippen molar-refractivity contribution in [2.75, 3.05) is 0 Å². The molecule has 0 bridgehead atoms. The first kappa shape index (κ1) is 5.72. The van der Waals surface area contributed by atoms with E-state index in [9.17, 15) is 0 Å². The molecular formula is C5H4NSi2+. The van der Waals surface area contributed by atoms with Gasteiger partial charge in [-0.3, -0.25) is 4.23 Å². The number of pyridine rings is 1. The zero-order chi connectivity index (χ0) is 5.98. The highest BCUT2D eigenvalue weighted by Crippen LogP contribution is 1.68. The van der Waals surface area contributed by atoms with Crippen molar-refractivity contribution in [3.63, 3.8) is 0 Å². The molecule has 6 radical (unpaired) electrons. The first-order valence-corrected chi connectivity index (χ1v) is 3.19. The lowest BCUT2D eigenvalue weighted by Gasteiger charge is -1.87. The number of hydrogen-bond acceptors (Lipinski definition) is 0. The van der Waals surface area contributed by atoms with Crippen LogP contribution in [0.4, 0.5) is 0 Å². The van der Waals surface area contributed by atoms with E-state index in [0.717, 1.165) is 5.32 Å². The number of rotatable bonds is 0. The summed E-state index contributed by atoms with van der Waals surface area (Å²) in [6, 6.07) is 5.85. The molecule has 3 heteroatoms. The fourth-order valence-electron chi connectivity index (χ4n) is 0.443. The van der Waals surface area contributed by atoms with Crippen LogP contribution in [0.2, 0.25) is 0 Å². The first-order valence-electron chi connectivity index (χ1n) is 2.24. The van der Waals surface area contributed by atoms with Crippen LogP contribution in [0, 0.1) is 0 Å². The predicted octanol–water partition coefficient (Wildman–Crippen LogP) is -1.30. The highest BCUT2D eigenvalue weighted by atomic mass is 28.2. The summed E-state index contributed by atoms with van der Waals surface area (Å²) in [5, 5.41) is 1.00. The van der Waals surface area contributed by atoms with Gasteiger partial charge in [-0.25, -0.2) is 0 Å². The molecular weight excluding hydrogens is 130 g/mol. The van der Waals surface area contributed by atoms with E-state index in [-0.39, 0.29) is 0 Å². The van der Waals surface area contributed by atoms with E-state index in [1.165, 1.54) is 0 Å². The van der Waals surface area contributed by atoms with Gasteiger partial charge in [0.05, 0.1) is 0 Å². The second kappa shape index (κ2) is 2.23. The van der Waals surface area contributed by atoms with E-state index in [1.54, 1.807) is 4.23 Å². The second-order valence-electron chi connectivity index (χ2n) is 1.46. The van der Waals surface area contributed by atoms with E-state index in [1.807, 2.05) is 24.4 Å². The molecule has 0 fully saturated rings. The van der Waals surface area contributed by atoms with Gasteiger partial charge in [0.25, 0.3) is 0 Å². The summed E-state index contributed by atoms with van der Waals surface area (Å²) < 4.78 is 1.80. The van der Waals surface area contributed by atoms with E-state index in [0.29, 0.717) is 0 Å². The molecule has 0 amide bonds. The fourth-order valence-corrected chi connectivity index (χ4v) is 0.774. The Morgan fingerprint density at radius 2 is 2.12 bits per heavy atom. The van der Waals surface area contributed by atoms with Gasteiger partial charge < -0.3 is 0 Å². The molecule has 1 nitrogen and oxygen atoms in total. The molecule has 0 saturated heterocycles. The molecule has 0 aromatic carbocycles. The molecule has 0 unspecified atom stereocenters. The van der Waals surface area contributed by atoms with Crippen LogP contribution >= 0.6 is 0 Å². The van der Waals surface area contributed by atoms with Crippen molar-refractivity contribution in [3.05, 3.63) is 24.4 Å². The van der Waals surface area contributed by atoms with Crippen LogP contribution in [0.5, 0.6) is 0 Å². The molecule has 0 spiro atoms. The lowest BCUT2D eigenvalue weighted by molar-refractivity contribution is -0.501. The molecule has 0 N–H and O–H groups in total. The minimum Gasteiger partial charge on any atom is -0.277 e. The largest absolute Gasteiger partial charge is 0.556 e. The molecule has 0 saturated carbocycles. The molecule has 0 aliphatic carbocycles. The third kappa shape index (κ3) is 1.05. The normalized spacial score (nSPS) is 9.25. The Morgan fingerprint density at radius 1 is 1.38 bits per heavy atom. The average Bonchev–Trinajstić information content (AvgIpc) is 1.77. The molecule has 1 aromatic heterocycles. The second-order valence-corrected chi connectivity index (χ2v) is 2.45. The van der Waals surface area contributed by atoms with Gasteiger partial charge in [0.1, 0.15) is 11.5 Å². The van der Waals surface area contributed by atoms with Gasteiger partial charge in [-0.05, 0) is 12.1 Å². The van der Waals surface area contributed by atoms with Crippen LogP contribution in [0.1, 0.15) is 0 Å². The Balaban J connectivity index is 3.13. The summed E-state index contributed by atoms with van der Waals surface area (Å²) in [7, 11) is 6.67. The third-order valence-electron chi connectivity index (χ3n) is 0.860. The molecule has 0 aliphatic rings. The van der Waals surface area contributed by atoms with Crippen LogP contribution in [0.25, 0.3) is 0 Å². The van der Waals surface area contributed by atoms with Crippen molar-refractivity contribution in [2.24, 2.45) is 0 Å². The lowest BCUT2D eigenvalue weighted by atomic mass is 10.5. The summed E-state index contributed by atoms with van der Waals surface area (Å²) in [4.78, 5) is 0. The average molecular weight is 134 g/mol. The van der Waals surface area contributed by atoms with Gasteiger partial charge in [-0.15, -0.1) is 0 Å². The molecule has 0 aliphatic heterocycles. The van der Waals surface area contributed by atoms with Crippen molar-refractivity contribution >= 4 is 26.0 Å². The van der Waals surface area contributed by atoms with Crippen LogP contribution in [0.15, 0.2) is 24.4 Å². The van der Waals surface area contributed by atoms with Crippen molar-refractivity contribution < 1.29 is 4.23 Å². The molecule has 0 atom stereocenters. The number of aromatic nitrogens is 1. The summed E-state index contributed by atoms with van der Waals surface area (Å²) >= 11 is 0. The first-order chi connectivity index (χ1) is 3.80. The summed E-state index contributed by atoms with van der Waals surface area (Å²) in [6.45, 7) is 0. The van der Waals surface area contributed by atoms with Gasteiger partial charge in [-0.2, -0.15) is 0 Å². The maximum Gasteiger partial charge on any atom is 0.556 e. The zero-order valence-corrected chi connectivity index (χ0v) is 6.26. The topological polar surface area (TPSA) is 3.88 Å². The summed E-state index contributed by atoms with van der Waals surface area (Å²) in [6.07, 6.45) is 1.90. The van der Waals surface area contributed by atoms with Gasteiger partial charge in [0.2, 0.25) is 0 Å². The maximum atomic E-state index is 3.36. The molecule has 1 heterocycles. The lowest BCUT2D eigenvalue weighted by Crippen LogP contribution is -2.47. The zero-order valence-electron chi connectivity index (χ0n) is 4.26. The van der Waals surface area contributed by atoms with E-state index >= 15 is 0 Å². The van der Waals surface area contributed by atoms with Gasteiger partial charge >= 0.3 is 10.4 Å². The molecule has 36 valence electrons.